The summed E-state index contributed by atoms with van der Waals surface area (Å²) in [4.78, 5) is 9.11. The standard InChI is InChI=1S/C19H13ClF3N9O/c1-10-15(20)14(2-3-25-10)31-16(19(21,22)23)13(9-29-31)18(33)30-12-6-11(7-24)17(26-8-12)32-27-4-5-28-32/h2-6,8-9,18,30,33H,1H3. The number of aliphatic hydroxyl groups excluding tert-OH is 1. The van der Waals surface area contributed by atoms with Gasteiger partial charge in [0, 0.05) is 6.20 Å². The number of anilines is 1. The first-order valence-corrected chi connectivity index (χ1v) is 9.56. The highest BCUT2D eigenvalue weighted by atomic mass is 35.5. The number of nitrogens with one attached hydrogen (secondary N) is 1. The molecule has 0 saturated heterocycles. The van der Waals surface area contributed by atoms with Crippen LogP contribution in [-0.2, 0) is 6.18 Å². The number of rotatable bonds is 5. The minimum atomic E-state index is -4.87. The van der Waals surface area contributed by atoms with E-state index in [1.165, 1.54) is 36.9 Å². The Bertz CT molecular complexity index is 1350. The molecule has 10 nitrogen and oxygen atoms in total. The molecule has 0 bridgehead atoms. The molecule has 1 unspecified atom stereocenters. The predicted octanol–water partition coefficient (Wildman–Crippen LogP) is 3.20. The third-order valence-electron chi connectivity index (χ3n) is 4.53. The molecule has 0 aliphatic carbocycles. The van der Waals surface area contributed by atoms with Gasteiger partial charge in [-0.15, -0.1) is 4.80 Å². The molecule has 0 saturated carbocycles. The van der Waals surface area contributed by atoms with Crippen molar-refractivity contribution in [1.29, 1.82) is 5.26 Å². The number of pyridine rings is 2. The summed E-state index contributed by atoms with van der Waals surface area (Å²) in [6.45, 7) is 1.54. The van der Waals surface area contributed by atoms with Crippen LogP contribution in [0.2, 0.25) is 5.02 Å². The van der Waals surface area contributed by atoms with E-state index in [4.69, 9.17) is 11.6 Å². The summed E-state index contributed by atoms with van der Waals surface area (Å²) in [6, 6.07) is 4.49. The Hall–Kier alpha value is -4.02. The molecule has 2 N–H and O–H groups in total. The highest BCUT2D eigenvalue weighted by Crippen LogP contribution is 2.37. The van der Waals surface area contributed by atoms with E-state index in [2.05, 4.69) is 30.6 Å². The number of aromatic nitrogens is 7. The van der Waals surface area contributed by atoms with Crippen LogP contribution >= 0.6 is 11.6 Å². The molecule has 168 valence electrons. The first-order chi connectivity index (χ1) is 15.7. The molecule has 0 spiro atoms. The number of hydrogen-bond acceptors (Lipinski definition) is 8. The maximum atomic E-state index is 14.0. The van der Waals surface area contributed by atoms with Crippen molar-refractivity contribution in [3.63, 3.8) is 0 Å². The summed E-state index contributed by atoms with van der Waals surface area (Å²) in [6.07, 6.45) is -0.508. The molecule has 33 heavy (non-hydrogen) atoms. The van der Waals surface area contributed by atoms with Gasteiger partial charge in [0.05, 0.1) is 52.4 Å². The lowest BCUT2D eigenvalue weighted by Crippen LogP contribution is -2.20. The van der Waals surface area contributed by atoms with E-state index in [-0.39, 0.29) is 27.8 Å². The highest BCUT2D eigenvalue weighted by Gasteiger charge is 2.41. The van der Waals surface area contributed by atoms with E-state index in [0.29, 0.717) is 10.4 Å². The minimum Gasteiger partial charge on any atom is -0.369 e. The predicted molar refractivity (Wildman–Crippen MR) is 109 cm³/mol. The normalized spacial score (nSPS) is 12.4. The summed E-state index contributed by atoms with van der Waals surface area (Å²) >= 11 is 6.14. The van der Waals surface area contributed by atoms with Gasteiger partial charge < -0.3 is 10.4 Å². The Labute approximate surface area is 188 Å². The molecule has 14 heteroatoms. The van der Waals surface area contributed by atoms with E-state index in [1.54, 1.807) is 6.92 Å². The van der Waals surface area contributed by atoms with Crippen LogP contribution in [0, 0.1) is 18.3 Å². The zero-order valence-electron chi connectivity index (χ0n) is 16.7. The van der Waals surface area contributed by atoms with Crippen LogP contribution in [0.4, 0.5) is 18.9 Å². The molecule has 1 atom stereocenters. The maximum Gasteiger partial charge on any atom is 0.433 e. The van der Waals surface area contributed by atoms with E-state index in [9.17, 15) is 23.5 Å². The van der Waals surface area contributed by atoms with Gasteiger partial charge in [0.2, 0.25) is 0 Å². The van der Waals surface area contributed by atoms with E-state index in [0.717, 1.165) is 11.0 Å². The van der Waals surface area contributed by atoms with Crippen molar-refractivity contribution in [2.24, 2.45) is 0 Å². The maximum absolute atomic E-state index is 14.0. The quantitative estimate of drug-likeness (QED) is 0.421. The Morgan fingerprint density at radius 3 is 2.55 bits per heavy atom. The fraction of sp³-hybridized carbons (Fsp3) is 0.158. The average Bonchev–Trinajstić information content (AvgIpc) is 3.45. The molecule has 4 aromatic heterocycles. The number of hydrogen-bond donors (Lipinski definition) is 2. The van der Waals surface area contributed by atoms with E-state index < -0.39 is 23.7 Å². The van der Waals surface area contributed by atoms with Crippen molar-refractivity contribution in [3.05, 3.63) is 70.7 Å². The van der Waals surface area contributed by atoms with Crippen LogP contribution in [0.5, 0.6) is 0 Å². The monoisotopic (exact) mass is 475 g/mol. The fourth-order valence-corrected chi connectivity index (χ4v) is 3.26. The van der Waals surface area contributed by atoms with Gasteiger partial charge in [-0.25, -0.2) is 9.67 Å². The molecular formula is C19H13ClF3N9O. The van der Waals surface area contributed by atoms with Crippen LogP contribution in [0.1, 0.15) is 28.7 Å². The van der Waals surface area contributed by atoms with E-state index in [1.807, 2.05) is 6.07 Å². The summed E-state index contributed by atoms with van der Waals surface area (Å²) in [5, 5.41) is 34.0. The number of nitriles is 1. The Kier molecular flexibility index (Phi) is 5.71. The Balaban J connectivity index is 1.71. The van der Waals surface area contributed by atoms with Gasteiger partial charge in [-0.3, -0.25) is 4.98 Å². The van der Waals surface area contributed by atoms with Gasteiger partial charge in [0.15, 0.2) is 17.7 Å². The lowest BCUT2D eigenvalue weighted by atomic mass is 10.2. The molecule has 4 rings (SSSR count). The van der Waals surface area contributed by atoms with Crippen LogP contribution in [0.3, 0.4) is 0 Å². The van der Waals surface area contributed by atoms with Crippen molar-refractivity contribution in [2.45, 2.75) is 19.3 Å². The van der Waals surface area contributed by atoms with Gasteiger partial charge in [-0.2, -0.15) is 33.7 Å². The first kappa shape index (κ1) is 22.2. The highest BCUT2D eigenvalue weighted by molar-refractivity contribution is 6.33. The van der Waals surface area contributed by atoms with Gasteiger partial charge in [-0.1, -0.05) is 11.6 Å². The largest absolute Gasteiger partial charge is 0.433 e. The van der Waals surface area contributed by atoms with Crippen molar-refractivity contribution >= 4 is 17.3 Å². The summed E-state index contributed by atoms with van der Waals surface area (Å²) < 4.78 is 42.5. The number of nitrogens with zero attached hydrogens (tertiary/aromatic N) is 8. The zero-order chi connectivity index (χ0) is 23.8. The average molecular weight is 476 g/mol. The topological polar surface area (TPSA) is 130 Å². The second kappa shape index (κ2) is 8.49. The smallest absolute Gasteiger partial charge is 0.369 e. The lowest BCUT2D eigenvalue weighted by molar-refractivity contribution is -0.144. The molecule has 0 aliphatic heterocycles. The third-order valence-corrected chi connectivity index (χ3v) is 5.00. The van der Waals surface area contributed by atoms with E-state index >= 15 is 0 Å². The second-order valence-corrected chi connectivity index (χ2v) is 7.04. The van der Waals surface area contributed by atoms with Crippen LogP contribution in [-0.4, -0.2) is 39.8 Å². The summed E-state index contributed by atoms with van der Waals surface area (Å²) in [5.74, 6) is 0.119. The molecular weight excluding hydrogens is 463 g/mol. The summed E-state index contributed by atoms with van der Waals surface area (Å²) in [5.41, 5.74) is -1.37. The zero-order valence-corrected chi connectivity index (χ0v) is 17.4. The van der Waals surface area contributed by atoms with Crippen LogP contribution in [0.25, 0.3) is 11.5 Å². The van der Waals surface area contributed by atoms with Crippen molar-refractivity contribution < 1.29 is 18.3 Å². The van der Waals surface area contributed by atoms with Crippen LogP contribution < -0.4 is 5.32 Å². The summed E-state index contributed by atoms with van der Waals surface area (Å²) in [7, 11) is 0. The molecule has 0 radical (unpaired) electrons. The molecule has 0 amide bonds. The Morgan fingerprint density at radius 2 is 1.88 bits per heavy atom. The van der Waals surface area contributed by atoms with Gasteiger partial charge in [0.25, 0.3) is 0 Å². The minimum absolute atomic E-state index is 0.00854. The van der Waals surface area contributed by atoms with Crippen molar-refractivity contribution in [2.75, 3.05) is 5.32 Å². The SMILES string of the molecule is Cc1nccc(-n2ncc(C(O)Nc3cnc(-n4nccn4)c(C#N)c3)c2C(F)(F)F)c1Cl. The number of alkyl halides is 3. The molecule has 0 fully saturated rings. The second-order valence-electron chi connectivity index (χ2n) is 6.66. The first-order valence-electron chi connectivity index (χ1n) is 9.18. The molecule has 4 aromatic rings. The van der Waals surface area contributed by atoms with Gasteiger partial charge in [-0.05, 0) is 19.1 Å². The molecule has 0 aliphatic rings. The molecule has 0 aromatic carbocycles. The number of aryl methyl sites for hydroxylation is 1. The van der Waals surface area contributed by atoms with Gasteiger partial charge >= 0.3 is 6.18 Å². The van der Waals surface area contributed by atoms with Crippen molar-refractivity contribution in [3.8, 4) is 17.6 Å². The van der Waals surface area contributed by atoms with Crippen molar-refractivity contribution in [1.82, 2.24) is 34.7 Å². The third kappa shape index (κ3) is 4.21. The number of halogens is 4. The fourth-order valence-electron chi connectivity index (χ4n) is 3.06. The van der Waals surface area contributed by atoms with Crippen LogP contribution in [0.15, 0.2) is 43.1 Å². The Morgan fingerprint density at radius 1 is 1.15 bits per heavy atom. The number of aliphatic hydroxyl groups is 1. The molecule has 4 heterocycles. The van der Waals surface area contributed by atoms with Gasteiger partial charge in [0.1, 0.15) is 11.6 Å². The lowest BCUT2D eigenvalue weighted by Gasteiger charge is -2.18.